The molecule has 0 aliphatic carbocycles. The fourth-order valence-corrected chi connectivity index (χ4v) is 1.23. The first-order valence-corrected chi connectivity index (χ1v) is 4.38. The van der Waals surface area contributed by atoms with E-state index in [2.05, 4.69) is 4.98 Å². The first kappa shape index (κ1) is 9.02. The summed E-state index contributed by atoms with van der Waals surface area (Å²) >= 11 is 5.55. The molecule has 0 saturated carbocycles. The van der Waals surface area contributed by atoms with E-state index in [0.29, 0.717) is 12.3 Å². The number of furan rings is 1. The van der Waals surface area contributed by atoms with Gasteiger partial charge >= 0.3 is 0 Å². The Morgan fingerprint density at radius 1 is 1.57 bits per heavy atom. The van der Waals surface area contributed by atoms with Crippen molar-refractivity contribution in [3.63, 3.8) is 0 Å². The Bertz CT molecular complexity index is 476. The normalized spacial score (nSPS) is 10.4. The number of halogens is 1. The smallest absolute Gasteiger partial charge is 0.255 e. The van der Waals surface area contributed by atoms with Crippen molar-refractivity contribution in [2.24, 2.45) is 0 Å². The Hall–Kier alpha value is -1.55. The van der Waals surface area contributed by atoms with Gasteiger partial charge in [0.2, 0.25) is 0 Å². The standard InChI is InChI=1S/C9H7ClN2O2/c10-8-4-9(13)12(6-11-8)5-7-2-1-3-14-7/h1-4,6H,5H2. The highest BCUT2D eigenvalue weighted by Gasteiger charge is 2.00. The number of nitrogens with zero attached hydrogens (tertiary/aromatic N) is 2. The van der Waals surface area contributed by atoms with E-state index in [1.54, 1.807) is 18.4 Å². The first-order valence-electron chi connectivity index (χ1n) is 4.00. The van der Waals surface area contributed by atoms with Crippen molar-refractivity contribution in [3.05, 3.63) is 52.1 Å². The van der Waals surface area contributed by atoms with Crippen molar-refractivity contribution in [3.8, 4) is 0 Å². The van der Waals surface area contributed by atoms with Crippen molar-refractivity contribution >= 4 is 11.6 Å². The van der Waals surface area contributed by atoms with Crippen LogP contribution in [0.25, 0.3) is 0 Å². The molecule has 0 aliphatic rings. The lowest BCUT2D eigenvalue weighted by Gasteiger charge is -2.01. The minimum absolute atomic E-state index is 0.193. The van der Waals surface area contributed by atoms with Crippen LogP contribution in [-0.2, 0) is 6.54 Å². The molecular formula is C9H7ClN2O2. The predicted octanol–water partition coefficient (Wildman–Crippen LogP) is 1.54. The highest BCUT2D eigenvalue weighted by atomic mass is 35.5. The maximum Gasteiger partial charge on any atom is 0.255 e. The largest absolute Gasteiger partial charge is 0.467 e. The molecule has 2 aromatic heterocycles. The topological polar surface area (TPSA) is 48.0 Å². The third-order valence-electron chi connectivity index (χ3n) is 1.75. The molecule has 0 amide bonds. The molecule has 14 heavy (non-hydrogen) atoms. The van der Waals surface area contributed by atoms with Crippen molar-refractivity contribution in [1.29, 1.82) is 0 Å². The minimum Gasteiger partial charge on any atom is -0.467 e. The molecule has 72 valence electrons. The molecule has 0 saturated heterocycles. The zero-order valence-electron chi connectivity index (χ0n) is 7.18. The van der Waals surface area contributed by atoms with Gasteiger partial charge in [-0.05, 0) is 12.1 Å². The number of rotatable bonds is 2. The second kappa shape index (κ2) is 3.67. The third kappa shape index (κ3) is 1.85. The van der Waals surface area contributed by atoms with Gasteiger partial charge in [0.1, 0.15) is 10.9 Å². The van der Waals surface area contributed by atoms with Gasteiger partial charge in [0.05, 0.1) is 19.1 Å². The quantitative estimate of drug-likeness (QED) is 0.707. The molecule has 0 aromatic carbocycles. The zero-order chi connectivity index (χ0) is 9.97. The molecule has 0 atom stereocenters. The molecule has 2 aromatic rings. The average Bonchev–Trinajstić information content (AvgIpc) is 2.62. The summed E-state index contributed by atoms with van der Waals surface area (Å²) in [5.74, 6) is 0.705. The molecule has 4 nitrogen and oxygen atoms in total. The van der Waals surface area contributed by atoms with E-state index in [1.165, 1.54) is 17.0 Å². The number of hydrogen-bond acceptors (Lipinski definition) is 3. The lowest BCUT2D eigenvalue weighted by molar-refractivity contribution is 0.488. The molecule has 0 unspecified atom stereocenters. The van der Waals surface area contributed by atoms with E-state index in [0.717, 1.165) is 0 Å². The molecule has 0 aliphatic heterocycles. The molecule has 0 bridgehead atoms. The van der Waals surface area contributed by atoms with Crippen LogP contribution in [0.1, 0.15) is 5.76 Å². The summed E-state index contributed by atoms with van der Waals surface area (Å²) in [5.41, 5.74) is -0.193. The van der Waals surface area contributed by atoms with Crippen molar-refractivity contribution in [2.45, 2.75) is 6.54 Å². The van der Waals surface area contributed by atoms with Gasteiger partial charge in [-0.2, -0.15) is 0 Å². The molecule has 0 spiro atoms. The van der Waals surface area contributed by atoms with Crippen LogP contribution in [0.2, 0.25) is 5.15 Å². The lowest BCUT2D eigenvalue weighted by atomic mass is 10.4. The molecule has 0 radical (unpaired) electrons. The van der Waals surface area contributed by atoms with Gasteiger partial charge in [-0.15, -0.1) is 0 Å². The van der Waals surface area contributed by atoms with Crippen LogP contribution in [0.3, 0.4) is 0 Å². The maximum absolute atomic E-state index is 11.4. The van der Waals surface area contributed by atoms with Gasteiger partial charge in [0, 0.05) is 6.07 Å². The molecule has 0 fully saturated rings. The van der Waals surface area contributed by atoms with E-state index in [4.69, 9.17) is 16.0 Å². The summed E-state index contributed by atoms with van der Waals surface area (Å²) in [6.07, 6.45) is 2.96. The summed E-state index contributed by atoms with van der Waals surface area (Å²) in [6.45, 7) is 0.371. The maximum atomic E-state index is 11.4. The van der Waals surface area contributed by atoms with Crippen molar-refractivity contribution < 1.29 is 4.42 Å². The Morgan fingerprint density at radius 2 is 2.43 bits per heavy atom. The van der Waals surface area contributed by atoms with Gasteiger partial charge in [0.15, 0.2) is 0 Å². The summed E-state index contributed by atoms with van der Waals surface area (Å²) in [4.78, 5) is 15.2. The molecule has 2 heterocycles. The second-order valence-electron chi connectivity index (χ2n) is 2.76. The summed E-state index contributed by atoms with van der Waals surface area (Å²) in [6, 6.07) is 4.83. The molecular weight excluding hydrogens is 204 g/mol. The monoisotopic (exact) mass is 210 g/mol. The highest BCUT2D eigenvalue weighted by molar-refractivity contribution is 6.29. The lowest BCUT2D eigenvalue weighted by Crippen LogP contribution is -2.19. The van der Waals surface area contributed by atoms with Crippen LogP contribution in [0.4, 0.5) is 0 Å². The van der Waals surface area contributed by atoms with Gasteiger partial charge < -0.3 is 4.42 Å². The molecule has 0 N–H and O–H groups in total. The summed E-state index contributed by atoms with van der Waals surface area (Å²) in [7, 11) is 0. The Morgan fingerprint density at radius 3 is 3.07 bits per heavy atom. The number of aromatic nitrogens is 2. The SMILES string of the molecule is O=c1cc(Cl)ncn1Cc1ccco1. The molecule has 5 heteroatoms. The van der Waals surface area contributed by atoms with Crippen LogP contribution in [-0.4, -0.2) is 9.55 Å². The van der Waals surface area contributed by atoms with Crippen LogP contribution in [0.15, 0.2) is 40.0 Å². The summed E-state index contributed by atoms with van der Waals surface area (Å²) in [5, 5.41) is 0.200. The number of hydrogen-bond donors (Lipinski definition) is 0. The van der Waals surface area contributed by atoms with Crippen LogP contribution < -0.4 is 5.56 Å². The van der Waals surface area contributed by atoms with Gasteiger partial charge in [-0.25, -0.2) is 4.98 Å². The van der Waals surface area contributed by atoms with E-state index in [9.17, 15) is 4.79 Å². The fraction of sp³-hybridized carbons (Fsp3) is 0.111. The van der Waals surface area contributed by atoms with Gasteiger partial charge in [-0.1, -0.05) is 11.6 Å². The van der Waals surface area contributed by atoms with Crippen LogP contribution >= 0.6 is 11.6 Å². The van der Waals surface area contributed by atoms with E-state index < -0.39 is 0 Å². The van der Waals surface area contributed by atoms with Crippen LogP contribution in [0, 0.1) is 0 Å². The van der Waals surface area contributed by atoms with Crippen LogP contribution in [0.5, 0.6) is 0 Å². The van der Waals surface area contributed by atoms with E-state index in [-0.39, 0.29) is 10.7 Å². The van der Waals surface area contributed by atoms with Gasteiger partial charge in [-0.3, -0.25) is 9.36 Å². The highest BCUT2D eigenvalue weighted by Crippen LogP contribution is 2.02. The molecule has 2 rings (SSSR count). The van der Waals surface area contributed by atoms with Gasteiger partial charge in [0.25, 0.3) is 5.56 Å². The minimum atomic E-state index is -0.193. The Kier molecular flexibility index (Phi) is 2.37. The Labute approximate surface area is 84.8 Å². The van der Waals surface area contributed by atoms with E-state index in [1.807, 2.05) is 0 Å². The second-order valence-corrected chi connectivity index (χ2v) is 3.14. The average molecular weight is 211 g/mol. The first-order chi connectivity index (χ1) is 6.75. The van der Waals surface area contributed by atoms with E-state index >= 15 is 0 Å². The predicted molar refractivity (Wildman–Crippen MR) is 51.3 cm³/mol. The summed E-state index contributed by atoms with van der Waals surface area (Å²) < 4.78 is 6.52. The van der Waals surface area contributed by atoms with Crippen molar-refractivity contribution in [2.75, 3.05) is 0 Å². The fourth-order valence-electron chi connectivity index (χ4n) is 1.09. The third-order valence-corrected chi connectivity index (χ3v) is 1.96. The Balaban J connectivity index is 2.30. The van der Waals surface area contributed by atoms with Crippen molar-refractivity contribution in [1.82, 2.24) is 9.55 Å². The zero-order valence-corrected chi connectivity index (χ0v) is 7.94.